The van der Waals surface area contributed by atoms with E-state index in [2.05, 4.69) is 16.4 Å². The molecule has 0 aliphatic heterocycles. The Hall–Kier alpha value is -1.66. The summed E-state index contributed by atoms with van der Waals surface area (Å²) in [6.07, 6.45) is 4.67. The number of benzene rings is 2. The number of hydrogen-bond donors (Lipinski definition) is 1. The maximum Gasteiger partial charge on any atom is 1.00 e. The van der Waals surface area contributed by atoms with Crippen LogP contribution in [0.2, 0.25) is 0 Å². The molecule has 0 saturated heterocycles. The third kappa shape index (κ3) is 5.97. The zero-order valence-electron chi connectivity index (χ0n) is 14.1. The Morgan fingerprint density at radius 3 is 2.80 bits per heavy atom. The normalized spacial score (nSPS) is 10.7. The first kappa shape index (κ1) is 19.7. The number of carboxylic acids is 1. The Morgan fingerprint density at radius 1 is 1.16 bits per heavy atom. The number of hydrogen-bond acceptors (Lipinski definition) is 5. The van der Waals surface area contributed by atoms with Crippen LogP contribution in [0.25, 0.3) is 22.4 Å². The van der Waals surface area contributed by atoms with E-state index in [0.717, 1.165) is 21.8 Å². The third-order valence-corrected chi connectivity index (χ3v) is 4.50. The molecule has 3 rings (SSSR count). The fraction of sp³-hybridized carbons (Fsp3) is 0.158. The van der Waals surface area contributed by atoms with Gasteiger partial charge in [-0.2, -0.15) is 0 Å². The summed E-state index contributed by atoms with van der Waals surface area (Å²) in [5, 5.41) is 14.6. The first-order valence-electron chi connectivity index (χ1n) is 7.78. The number of aromatic nitrogens is 1. The van der Waals surface area contributed by atoms with Crippen LogP contribution in [-0.4, -0.2) is 17.5 Å². The summed E-state index contributed by atoms with van der Waals surface area (Å²) in [5.74, 6) is -1.01. The molecule has 3 aromatic rings. The predicted octanol–water partition coefficient (Wildman–Crippen LogP) is 0.413. The number of carbonyl (C=O) groups is 1. The molecule has 1 N–H and O–H groups in total. The first-order valence-corrected chi connectivity index (χ1v) is 8.60. The van der Waals surface area contributed by atoms with Gasteiger partial charge in [-0.1, -0.05) is 30.3 Å². The number of carboxylic acid groups (broad SMARTS) is 1. The second-order valence-electron chi connectivity index (χ2n) is 5.38. The Morgan fingerprint density at radius 2 is 2.00 bits per heavy atom. The Bertz CT molecular complexity index is 843. The van der Waals surface area contributed by atoms with Crippen molar-refractivity contribution in [2.75, 3.05) is 11.9 Å². The van der Waals surface area contributed by atoms with Crippen molar-refractivity contribution in [2.24, 2.45) is 0 Å². The molecule has 6 heteroatoms. The molecule has 25 heavy (non-hydrogen) atoms. The Kier molecular flexibility index (Phi) is 7.65. The monoisotopic (exact) mass is 360 g/mol. The molecule has 0 saturated carbocycles. The van der Waals surface area contributed by atoms with Crippen LogP contribution in [0.15, 0.2) is 48.5 Å². The summed E-state index contributed by atoms with van der Waals surface area (Å²) < 4.78 is 1.18. The molecule has 0 spiro atoms. The van der Waals surface area contributed by atoms with Gasteiger partial charge in [-0.3, -0.25) is 0 Å². The molecular formula is C19H17N2NaO2S. The summed E-state index contributed by atoms with van der Waals surface area (Å²) in [4.78, 5) is 15.0. The summed E-state index contributed by atoms with van der Waals surface area (Å²) in [7, 11) is 0. The Labute approximate surface area is 172 Å². The zero-order chi connectivity index (χ0) is 16.8. The third-order valence-electron chi connectivity index (χ3n) is 3.50. The minimum absolute atomic E-state index is 0. The molecule has 0 amide bonds. The molecule has 0 aliphatic rings. The fourth-order valence-corrected chi connectivity index (χ4v) is 3.22. The van der Waals surface area contributed by atoms with E-state index in [1.54, 1.807) is 11.3 Å². The first-order chi connectivity index (χ1) is 11.7. The quantitative estimate of drug-likeness (QED) is 0.490. The number of rotatable bonds is 7. The van der Waals surface area contributed by atoms with Gasteiger partial charge in [0.25, 0.3) is 0 Å². The van der Waals surface area contributed by atoms with Gasteiger partial charge in [-0.15, -0.1) is 11.3 Å². The van der Waals surface area contributed by atoms with Gasteiger partial charge < -0.3 is 15.2 Å². The predicted molar refractivity (Wildman–Crippen MR) is 97.7 cm³/mol. The van der Waals surface area contributed by atoms with Crippen LogP contribution in [0.5, 0.6) is 0 Å². The topological polar surface area (TPSA) is 65.0 Å². The van der Waals surface area contributed by atoms with E-state index in [0.29, 0.717) is 13.0 Å². The van der Waals surface area contributed by atoms with Gasteiger partial charge in [0.05, 0.1) is 10.2 Å². The summed E-state index contributed by atoms with van der Waals surface area (Å²) >= 11 is 1.67. The molecule has 1 aromatic heterocycles. The summed E-state index contributed by atoms with van der Waals surface area (Å²) in [5.41, 5.74) is 3.06. The number of fused-ring (bicyclic) bond motifs is 1. The molecule has 0 unspecified atom stereocenters. The second-order valence-corrected chi connectivity index (χ2v) is 6.44. The van der Waals surface area contributed by atoms with Crippen molar-refractivity contribution in [2.45, 2.75) is 12.8 Å². The average Bonchev–Trinajstić information content (AvgIpc) is 3.00. The fourth-order valence-electron chi connectivity index (χ4n) is 2.35. The van der Waals surface area contributed by atoms with Crippen LogP contribution < -0.4 is 40.0 Å². The minimum atomic E-state index is -1.01. The number of thiazole rings is 1. The molecule has 0 atom stereocenters. The largest absolute Gasteiger partial charge is 1.00 e. The van der Waals surface area contributed by atoms with Crippen LogP contribution in [0.3, 0.4) is 0 Å². The van der Waals surface area contributed by atoms with E-state index in [1.165, 1.54) is 4.70 Å². The van der Waals surface area contributed by atoms with Crippen LogP contribution in [0.4, 0.5) is 5.69 Å². The average molecular weight is 360 g/mol. The van der Waals surface area contributed by atoms with Crippen LogP contribution in [0.1, 0.15) is 23.4 Å². The van der Waals surface area contributed by atoms with Crippen LogP contribution >= 0.6 is 11.3 Å². The van der Waals surface area contributed by atoms with E-state index in [-0.39, 0.29) is 36.0 Å². The summed E-state index contributed by atoms with van der Waals surface area (Å²) in [6, 6.07) is 16.1. The van der Waals surface area contributed by atoms with Gasteiger partial charge in [0.2, 0.25) is 0 Å². The molecule has 0 fully saturated rings. The number of carbonyl (C=O) groups excluding carboxylic acids is 1. The van der Waals surface area contributed by atoms with Gasteiger partial charge in [-0.05, 0) is 48.7 Å². The molecular weight excluding hydrogens is 343 g/mol. The number of para-hydroxylation sites is 1. The van der Waals surface area contributed by atoms with Crippen molar-refractivity contribution in [3.8, 4) is 0 Å². The molecule has 0 radical (unpaired) electrons. The molecule has 1 heterocycles. The Balaban J connectivity index is 0.00000225. The standard InChI is InChI=1S/C19H18N2O2S.Na/c22-19(23)9-4-12-20-15-6-3-5-14(13-15)10-11-18-21-16-7-1-2-8-17(16)24-18;/h1-3,5-8,10-11,13,20H,4,9,12H2,(H,22,23);/q;+1/p-1/b11-10+;. The number of anilines is 1. The van der Waals surface area contributed by atoms with Crippen molar-refractivity contribution in [1.29, 1.82) is 0 Å². The van der Waals surface area contributed by atoms with Crippen molar-refractivity contribution in [3.05, 3.63) is 59.1 Å². The molecule has 122 valence electrons. The number of nitrogens with zero attached hydrogens (tertiary/aromatic N) is 1. The van der Waals surface area contributed by atoms with E-state index >= 15 is 0 Å². The summed E-state index contributed by atoms with van der Waals surface area (Å²) in [6.45, 7) is 0.610. The van der Waals surface area contributed by atoms with E-state index < -0.39 is 5.97 Å². The van der Waals surface area contributed by atoms with Crippen LogP contribution in [-0.2, 0) is 4.79 Å². The second kappa shape index (κ2) is 9.73. The maximum absolute atomic E-state index is 10.4. The van der Waals surface area contributed by atoms with Crippen molar-refractivity contribution >= 4 is 45.4 Å². The number of aliphatic carboxylic acids is 1. The number of nitrogens with one attached hydrogen (secondary N) is 1. The van der Waals surface area contributed by atoms with E-state index in [4.69, 9.17) is 0 Å². The molecule has 2 aromatic carbocycles. The van der Waals surface area contributed by atoms with Crippen molar-refractivity contribution in [3.63, 3.8) is 0 Å². The SMILES string of the molecule is O=C([O-])CCCNc1cccc(/C=C/c2nc3ccccc3s2)c1.[Na+]. The van der Waals surface area contributed by atoms with Crippen molar-refractivity contribution < 1.29 is 39.5 Å². The molecule has 0 bridgehead atoms. The van der Waals surface area contributed by atoms with E-state index in [9.17, 15) is 9.90 Å². The molecule has 4 nitrogen and oxygen atoms in total. The van der Waals surface area contributed by atoms with Gasteiger partial charge in [0.15, 0.2) is 0 Å². The van der Waals surface area contributed by atoms with E-state index in [1.807, 2.05) is 54.6 Å². The van der Waals surface area contributed by atoms with Gasteiger partial charge >= 0.3 is 29.6 Å². The zero-order valence-corrected chi connectivity index (χ0v) is 16.9. The van der Waals surface area contributed by atoms with Gasteiger partial charge in [0.1, 0.15) is 5.01 Å². The smallest absolute Gasteiger partial charge is 0.550 e. The van der Waals surface area contributed by atoms with Crippen molar-refractivity contribution in [1.82, 2.24) is 4.98 Å². The van der Waals surface area contributed by atoms with Gasteiger partial charge in [-0.25, -0.2) is 4.98 Å². The minimum Gasteiger partial charge on any atom is -0.550 e. The maximum atomic E-state index is 10.4. The molecule has 0 aliphatic carbocycles. The van der Waals surface area contributed by atoms with Gasteiger partial charge in [0, 0.05) is 18.2 Å². The van der Waals surface area contributed by atoms with Crippen LogP contribution in [0, 0.1) is 0 Å².